The van der Waals surface area contributed by atoms with Crippen LogP contribution in [0.5, 0.6) is 0 Å². The molecule has 2 rings (SSSR count). The minimum Gasteiger partial charge on any atom is -0.409 e. The summed E-state index contributed by atoms with van der Waals surface area (Å²) in [4.78, 5) is 4.54. The van der Waals surface area contributed by atoms with Gasteiger partial charge in [-0.15, -0.1) is 11.8 Å². The molecular formula is C12H17N3O3S2. The highest BCUT2D eigenvalue weighted by Gasteiger charge is 2.19. The number of hydrogen-bond donors (Lipinski definition) is 2. The van der Waals surface area contributed by atoms with E-state index in [1.165, 1.54) is 18.0 Å². The van der Waals surface area contributed by atoms with Crippen LogP contribution in [0.3, 0.4) is 0 Å². The lowest BCUT2D eigenvalue weighted by Crippen LogP contribution is -2.16. The van der Waals surface area contributed by atoms with Crippen LogP contribution in [-0.2, 0) is 22.7 Å². The molecule has 0 amide bonds. The van der Waals surface area contributed by atoms with Crippen LogP contribution in [0.4, 0.5) is 0 Å². The Bertz CT molecular complexity index is 642. The van der Waals surface area contributed by atoms with Crippen LogP contribution in [0.15, 0.2) is 16.2 Å². The van der Waals surface area contributed by atoms with E-state index in [1.54, 1.807) is 0 Å². The van der Waals surface area contributed by atoms with Crippen LogP contribution < -0.4 is 5.73 Å². The number of rotatable bonds is 5. The van der Waals surface area contributed by atoms with E-state index in [9.17, 15) is 8.42 Å². The second-order valence-electron chi connectivity index (χ2n) is 4.76. The number of thioether (sulfide) groups is 1. The van der Waals surface area contributed by atoms with Crippen molar-refractivity contribution in [3.63, 3.8) is 0 Å². The summed E-state index contributed by atoms with van der Waals surface area (Å²) < 4.78 is 22.3. The predicted octanol–water partition coefficient (Wildman–Crippen LogP) is 0.802. The van der Waals surface area contributed by atoms with E-state index in [2.05, 4.69) is 10.1 Å². The maximum atomic E-state index is 11.2. The van der Waals surface area contributed by atoms with Gasteiger partial charge in [-0.2, -0.15) is 0 Å². The van der Waals surface area contributed by atoms with Crippen molar-refractivity contribution in [1.29, 1.82) is 0 Å². The number of fused-ring (bicyclic) bond motifs is 1. The molecule has 1 aliphatic carbocycles. The third-order valence-electron chi connectivity index (χ3n) is 3.09. The molecule has 0 fully saturated rings. The van der Waals surface area contributed by atoms with Crippen molar-refractivity contribution in [2.75, 3.05) is 17.8 Å². The highest BCUT2D eigenvalue weighted by Crippen LogP contribution is 2.28. The van der Waals surface area contributed by atoms with Gasteiger partial charge in [-0.05, 0) is 30.9 Å². The minimum absolute atomic E-state index is 0.00838. The van der Waals surface area contributed by atoms with Gasteiger partial charge in [-0.25, -0.2) is 13.4 Å². The van der Waals surface area contributed by atoms with Gasteiger partial charge in [0.2, 0.25) is 0 Å². The number of aryl methyl sites for hydroxylation is 2. The van der Waals surface area contributed by atoms with Crippen molar-refractivity contribution in [2.45, 2.75) is 24.3 Å². The third-order valence-corrected chi connectivity index (χ3v) is 5.29. The van der Waals surface area contributed by atoms with Gasteiger partial charge in [0.1, 0.15) is 14.9 Å². The third kappa shape index (κ3) is 3.63. The molecule has 1 heterocycles. The zero-order valence-electron chi connectivity index (χ0n) is 11.2. The van der Waals surface area contributed by atoms with Gasteiger partial charge < -0.3 is 10.9 Å². The molecule has 6 nitrogen and oxygen atoms in total. The number of pyridine rings is 1. The number of hydrogen-bond acceptors (Lipinski definition) is 6. The molecule has 0 saturated carbocycles. The molecule has 1 aromatic heterocycles. The molecular weight excluding hydrogens is 298 g/mol. The summed E-state index contributed by atoms with van der Waals surface area (Å²) in [5.41, 5.74) is 8.40. The number of oxime groups is 1. The summed E-state index contributed by atoms with van der Waals surface area (Å²) in [7, 11) is -3.00. The second-order valence-corrected chi connectivity index (χ2v) is 8.11. The fourth-order valence-corrected chi connectivity index (χ4v) is 4.32. The molecule has 1 aromatic rings. The predicted molar refractivity (Wildman–Crippen MR) is 79.2 cm³/mol. The standard InChI is InChI=1S/C12H17N3O3S2/c1-20(17,18)6-5-19-12-9(11(13)15-16)7-8-3-2-4-10(8)14-12/h7,16H,2-6H2,1H3,(H2,13,15). The molecule has 0 aliphatic heterocycles. The van der Waals surface area contributed by atoms with Crippen molar-refractivity contribution in [2.24, 2.45) is 10.9 Å². The van der Waals surface area contributed by atoms with E-state index < -0.39 is 9.84 Å². The number of amidine groups is 1. The molecule has 20 heavy (non-hydrogen) atoms. The summed E-state index contributed by atoms with van der Waals surface area (Å²) in [5, 5.41) is 12.5. The number of nitrogens with zero attached hydrogens (tertiary/aromatic N) is 2. The molecule has 1 aliphatic rings. The summed E-state index contributed by atoms with van der Waals surface area (Å²) in [5.74, 6) is 0.483. The molecule has 3 N–H and O–H groups in total. The molecule has 0 atom stereocenters. The van der Waals surface area contributed by atoms with Crippen LogP contribution >= 0.6 is 11.8 Å². The zero-order valence-corrected chi connectivity index (χ0v) is 12.8. The average molecular weight is 315 g/mol. The maximum absolute atomic E-state index is 11.2. The lowest BCUT2D eigenvalue weighted by atomic mass is 10.1. The number of aromatic nitrogens is 1. The Labute approximate surface area is 122 Å². The van der Waals surface area contributed by atoms with Crippen molar-refractivity contribution in [1.82, 2.24) is 4.98 Å². The van der Waals surface area contributed by atoms with Gasteiger partial charge in [0.15, 0.2) is 5.84 Å². The van der Waals surface area contributed by atoms with E-state index in [4.69, 9.17) is 10.9 Å². The maximum Gasteiger partial charge on any atom is 0.172 e. The van der Waals surface area contributed by atoms with E-state index in [1.807, 2.05) is 6.07 Å². The van der Waals surface area contributed by atoms with Gasteiger partial charge >= 0.3 is 0 Å². The second kappa shape index (κ2) is 6.01. The molecule has 0 aromatic carbocycles. The molecule has 0 bridgehead atoms. The highest BCUT2D eigenvalue weighted by atomic mass is 32.2. The van der Waals surface area contributed by atoms with Crippen LogP contribution in [0, 0.1) is 0 Å². The summed E-state index contributed by atoms with van der Waals surface area (Å²) >= 11 is 1.32. The first-order valence-electron chi connectivity index (χ1n) is 6.22. The average Bonchev–Trinajstić information content (AvgIpc) is 2.82. The Hall–Kier alpha value is -1.28. The van der Waals surface area contributed by atoms with E-state index in [0.717, 1.165) is 30.5 Å². The summed E-state index contributed by atoms with van der Waals surface area (Å²) in [6, 6.07) is 1.90. The lowest BCUT2D eigenvalue weighted by Gasteiger charge is -2.10. The van der Waals surface area contributed by atoms with Crippen molar-refractivity contribution in [3.05, 3.63) is 22.9 Å². The smallest absolute Gasteiger partial charge is 0.172 e. The quantitative estimate of drug-likeness (QED) is 0.274. The Morgan fingerprint density at radius 2 is 2.30 bits per heavy atom. The first-order chi connectivity index (χ1) is 9.40. The van der Waals surface area contributed by atoms with Crippen LogP contribution in [0.2, 0.25) is 0 Å². The Morgan fingerprint density at radius 3 is 2.95 bits per heavy atom. The molecule has 0 radical (unpaired) electrons. The SMILES string of the molecule is CS(=O)(=O)CCSc1nc2c(cc1C(N)=NO)CCC2. The molecule has 0 unspecified atom stereocenters. The van der Waals surface area contributed by atoms with Crippen molar-refractivity contribution >= 4 is 27.4 Å². The fraction of sp³-hybridized carbons (Fsp3) is 0.500. The Balaban J connectivity index is 2.26. The van der Waals surface area contributed by atoms with Gasteiger partial charge in [-0.3, -0.25) is 0 Å². The Kier molecular flexibility index (Phi) is 4.54. The zero-order chi connectivity index (χ0) is 14.8. The lowest BCUT2D eigenvalue weighted by molar-refractivity contribution is 0.318. The highest BCUT2D eigenvalue weighted by molar-refractivity contribution is 8.00. The molecule has 8 heteroatoms. The molecule has 0 spiro atoms. The summed E-state index contributed by atoms with van der Waals surface area (Å²) in [6.45, 7) is 0. The van der Waals surface area contributed by atoms with Gasteiger partial charge in [0.25, 0.3) is 0 Å². The van der Waals surface area contributed by atoms with Crippen molar-refractivity contribution in [3.8, 4) is 0 Å². The van der Waals surface area contributed by atoms with Gasteiger partial charge in [0.05, 0.1) is 11.3 Å². The van der Waals surface area contributed by atoms with E-state index >= 15 is 0 Å². The fourth-order valence-electron chi connectivity index (χ4n) is 2.09. The number of nitrogens with two attached hydrogens (primary N) is 1. The van der Waals surface area contributed by atoms with Gasteiger partial charge in [-0.1, -0.05) is 5.16 Å². The number of sulfone groups is 1. The van der Waals surface area contributed by atoms with Crippen LogP contribution in [-0.4, -0.2) is 42.2 Å². The van der Waals surface area contributed by atoms with Gasteiger partial charge in [0, 0.05) is 17.7 Å². The molecule has 0 saturated heterocycles. The first-order valence-corrected chi connectivity index (χ1v) is 9.26. The molecule has 110 valence electrons. The topological polar surface area (TPSA) is 106 Å². The summed E-state index contributed by atoms with van der Waals surface area (Å²) in [6.07, 6.45) is 4.12. The van der Waals surface area contributed by atoms with Crippen LogP contribution in [0.1, 0.15) is 23.2 Å². The van der Waals surface area contributed by atoms with Crippen molar-refractivity contribution < 1.29 is 13.6 Å². The normalized spacial score (nSPS) is 15.3. The monoisotopic (exact) mass is 315 g/mol. The van der Waals surface area contributed by atoms with E-state index in [-0.39, 0.29) is 11.6 Å². The van der Waals surface area contributed by atoms with Crippen LogP contribution in [0.25, 0.3) is 0 Å². The Morgan fingerprint density at radius 1 is 1.55 bits per heavy atom. The largest absolute Gasteiger partial charge is 0.409 e. The minimum atomic E-state index is -3.00. The van der Waals surface area contributed by atoms with E-state index in [0.29, 0.717) is 16.3 Å². The first kappa shape index (κ1) is 15.1.